The average Bonchev–Trinajstić information content (AvgIpc) is 3.44. The van der Waals surface area contributed by atoms with Crippen molar-refractivity contribution in [2.24, 2.45) is 0 Å². The zero-order valence-corrected chi connectivity index (χ0v) is 16.9. The number of aryl methyl sites for hydroxylation is 2. The van der Waals surface area contributed by atoms with Gasteiger partial charge < -0.3 is 9.67 Å². The van der Waals surface area contributed by atoms with Gasteiger partial charge >= 0.3 is 11.7 Å². The molecule has 0 unspecified atom stereocenters. The lowest BCUT2D eigenvalue weighted by Gasteiger charge is -2.09. The number of para-hydroxylation sites is 1. The van der Waals surface area contributed by atoms with Gasteiger partial charge in [0.05, 0.1) is 22.9 Å². The van der Waals surface area contributed by atoms with Gasteiger partial charge in [-0.2, -0.15) is 0 Å². The SMILES string of the molecule is O=C(O)c1cccc2ncn(CCc3ccc(-c4ccccc4-c4noc(=O)[nH]4)cc3)c12. The number of aromatic nitrogens is 4. The van der Waals surface area contributed by atoms with Crippen LogP contribution in [0.1, 0.15) is 15.9 Å². The molecule has 8 heteroatoms. The van der Waals surface area contributed by atoms with Gasteiger partial charge in [0, 0.05) is 12.1 Å². The summed E-state index contributed by atoms with van der Waals surface area (Å²) in [5.41, 5.74) is 5.34. The Morgan fingerprint density at radius 3 is 2.50 bits per heavy atom. The molecular weight excluding hydrogens is 408 g/mol. The highest BCUT2D eigenvalue weighted by Crippen LogP contribution is 2.30. The zero-order chi connectivity index (χ0) is 22.1. The average molecular weight is 426 g/mol. The normalized spacial score (nSPS) is 11.1. The van der Waals surface area contributed by atoms with E-state index in [-0.39, 0.29) is 5.56 Å². The summed E-state index contributed by atoms with van der Waals surface area (Å²) in [5, 5.41) is 13.3. The molecule has 0 aliphatic heterocycles. The molecule has 2 N–H and O–H groups in total. The van der Waals surface area contributed by atoms with Gasteiger partial charge in [0.1, 0.15) is 0 Å². The maximum atomic E-state index is 11.6. The summed E-state index contributed by atoms with van der Waals surface area (Å²) in [6.07, 6.45) is 2.40. The number of benzene rings is 3. The van der Waals surface area contributed by atoms with Crippen LogP contribution in [0.15, 0.2) is 82.4 Å². The molecule has 0 aliphatic carbocycles. The van der Waals surface area contributed by atoms with Crippen LogP contribution in [0.25, 0.3) is 33.5 Å². The summed E-state index contributed by atoms with van der Waals surface area (Å²) in [7, 11) is 0. The molecule has 0 saturated heterocycles. The van der Waals surface area contributed by atoms with E-state index in [1.54, 1.807) is 18.5 Å². The van der Waals surface area contributed by atoms with Crippen LogP contribution < -0.4 is 5.76 Å². The molecule has 0 bridgehead atoms. The van der Waals surface area contributed by atoms with Crippen LogP contribution in [0, 0.1) is 0 Å². The topological polar surface area (TPSA) is 114 Å². The van der Waals surface area contributed by atoms with E-state index < -0.39 is 11.7 Å². The van der Waals surface area contributed by atoms with Gasteiger partial charge in [0.25, 0.3) is 0 Å². The van der Waals surface area contributed by atoms with Gasteiger partial charge in [-0.05, 0) is 35.2 Å². The highest BCUT2D eigenvalue weighted by Gasteiger charge is 2.14. The summed E-state index contributed by atoms with van der Waals surface area (Å²) < 4.78 is 6.52. The number of nitrogens with zero attached hydrogens (tertiary/aromatic N) is 3. The van der Waals surface area contributed by atoms with Crippen molar-refractivity contribution in [1.82, 2.24) is 19.7 Å². The number of carboxylic acid groups (broad SMARTS) is 1. The minimum atomic E-state index is -0.964. The molecule has 0 aliphatic rings. The number of aromatic amines is 1. The fraction of sp³-hybridized carbons (Fsp3) is 0.0833. The Hall–Kier alpha value is -4.46. The molecule has 32 heavy (non-hydrogen) atoms. The van der Waals surface area contributed by atoms with Crippen molar-refractivity contribution in [2.75, 3.05) is 0 Å². The standard InChI is InChI=1S/C24H18N4O4/c29-23(30)19-6-3-7-20-21(19)28(14-25-20)13-12-15-8-10-16(11-9-15)17-4-1-2-5-18(17)22-26-24(31)32-27-22/h1-11,14H,12-13H2,(H,29,30)(H,26,27,31). The number of fused-ring (bicyclic) bond motifs is 1. The molecule has 2 aromatic heterocycles. The second-order valence-corrected chi connectivity index (χ2v) is 7.35. The van der Waals surface area contributed by atoms with E-state index in [2.05, 4.69) is 19.6 Å². The lowest BCUT2D eigenvalue weighted by Crippen LogP contribution is -2.05. The van der Waals surface area contributed by atoms with Crippen LogP contribution in [-0.4, -0.2) is 30.8 Å². The van der Waals surface area contributed by atoms with Crippen LogP contribution in [-0.2, 0) is 13.0 Å². The van der Waals surface area contributed by atoms with E-state index in [0.29, 0.717) is 23.4 Å². The Morgan fingerprint density at radius 1 is 1.00 bits per heavy atom. The van der Waals surface area contributed by atoms with Gasteiger partial charge in [-0.1, -0.05) is 59.8 Å². The van der Waals surface area contributed by atoms with Crippen LogP contribution in [0.4, 0.5) is 0 Å². The molecule has 158 valence electrons. The Bertz CT molecular complexity index is 1480. The van der Waals surface area contributed by atoms with Gasteiger partial charge in [0.15, 0.2) is 5.82 Å². The number of aromatic carboxylic acids is 1. The zero-order valence-electron chi connectivity index (χ0n) is 16.9. The van der Waals surface area contributed by atoms with Gasteiger partial charge in [0.2, 0.25) is 0 Å². The third-order valence-electron chi connectivity index (χ3n) is 5.40. The third kappa shape index (κ3) is 3.58. The number of imidazole rings is 1. The summed E-state index contributed by atoms with van der Waals surface area (Å²) >= 11 is 0. The third-order valence-corrected chi connectivity index (χ3v) is 5.40. The molecule has 8 nitrogen and oxygen atoms in total. The molecule has 0 atom stereocenters. The van der Waals surface area contributed by atoms with E-state index >= 15 is 0 Å². The predicted octanol–water partition coefficient (Wildman–Crippen LogP) is 3.99. The molecule has 0 fully saturated rings. The maximum Gasteiger partial charge on any atom is 0.439 e. The number of H-pyrrole nitrogens is 1. The lowest BCUT2D eigenvalue weighted by molar-refractivity contribution is 0.0698. The second kappa shape index (κ2) is 7.99. The quantitative estimate of drug-likeness (QED) is 0.424. The Labute approximate surface area is 181 Å². The van der Waals surface area contributed by atoms with Crippen molar-refractivity contribution in [1.29, 1.82) is 0 Å². The molecule has 2 heterocycles. The van der Waals surface area contributed by atoms with Crippen molar-refractivity contribution >= 4 is 17.0 Å². The van der Waals surface area contributed by atoms with Crippen LogP contribution in [0.2, 0.25) is 0 Å². The number of hydrogen-bond donors (Lipinski definition) is 2. The summed E-state index contributed by atoms with van der Waals surface area (Å²) in [5.74, 6) is -1.17. The van der Waals surface area contributed by atoms with E-state index in [0.717, 1.165) is 28.7 Å². The van der Waals surface area contributed by atoms with Crippen LogP contribution >= 0.6 is 0 Å². The number of carbonyl (C=O) groups is 1. The maximum absolute atomic E-state index is 11.6. The molecule has 0 saturated carbocycles. The van der Waals surface area contributed by atoms with Gasteiger partial charge in [-0.15, -0.1) is 0 Å². The molecular formula is C24H18N4O4. The highest BCUT2D eigenvalue weighted by atomic mass is 16.5. The van der Waals surface area contributed by atoms with E-state index in [9.17, 15) is 14.7 Å². The number of hydrogen-bond acceptors (Lipinski definition) is 5. The number of rotatable bonds is 6. The minimum absolute atomic E-state index is 0.248. The monoisotopic (exact) mass is 426 g/mol. The summed E-state index contributed by atoms with van der Waals surface area (Å²) in [6, 6.07) is 20.9. The van der Waals surface area contributed by atoms with Gasteiger partial charge in [-0.3, -0.25) is 9.51 Å². The van der Waals surface area contributed by atoms with Gasteiger partial charge in [-0.25, -0.2) is 14.6 Å². The predicted molar refractivity (Wildman–Crippen MR) is 118 cm³/mol. The fourth-order valence-electron chi connectivity index (χ4n) is 3.86. The van der Waals surface area contributed by atoms with E-state index in [4.69, 9.17) is 0 Å². The Morgan fingerprint density at radius 2 is 1.78 bits per heavy atom. The Balaban J connectivity index is 1.39. The summed E-state index contributed by atoms with van der Waals surface area (Å²) in [6.45, 7) is 0.608. The fourth-order valence-corrected chi connectivity index (χ4v) is 3.86. The van der Waals surface area contributed by atoms with Crippen LogP contribution in [0.3, 0.4) is 0 Å². The smallest absolute Gasteiger partial charge is 0.439 e. The highest BCUT2D eigenvalue weighted by molar-refractivity contribution is 6.01. The first-order chi connectivity index (χ1) is 15.6. The molecule has 3 aromatic carbocycles. The molecule has 0 amide bonds. The second-order valence-electron chi connectivity index (χ2n) is 7.35. The first-order valence-corrected chi connectivity index (χ1v) is 10.0. The minimum Gasteiger partial charge on any atom is -0.478 e. The molecule has 5 aromatic rings. The van der Waals surface area contributed by atoms with E-state index in [1.165, 1.54) is 0 Å². The van der Waals surface area contributed by atoms with Crippen molar-refractivity contribution in [3.05, 3.63) is 94.7 Å². The molecule has 0 spiro atoms. The van der Waals surface area contributed by atoms with Crippen LogP contribution in [0.5, 0.6) is 0 Å². The molecule has 5 rings (SSSR count). The number of nitrogens with one attached hydrogen (secondary N) is 1. The first kappa shape index (κ1) is 19.5. The van der Waals surface area contributed by atoms with Crippen molar-refractivity contribution < 1.29 is 14.4 Å². The Kier molecular flexibility index (Phi) is 4.87. The van der Waals surface area contributed by atoms with E-state index in [1.807, 2.05) is 59.2 Å². The summed E-state index contributed by atoms with van der Waals surface area (Å²) in [4.78, 5) is 29.8. The molecule has 0 radical (unpaired) electrons. The number of carboxylic acids is 1. The van der Waals surface area contributed by atoms with Crippen molar-refractivity contribution in [2.45, 2.75) is 13.0 Å². The van der Waals surface area contributed by atoms with Crippen molar-refractivity contribution in [3.8, 4) is 22.5 Å². The lowest BCUT2D eigenvalue weighted by atomic mass is 9.98. The first-order valence-electron chi connectivity index (χ1n) is 10.0. The largest absolute Gasteiger partial charge is 0.478 e. The van der Waals surface area contributed by atoms with Crippen molar-refractivity contribution in [3.63, 3.8) is 0 Å².